The average Bonchev–Trinajstić information content (AvgIpc) is 3.09. The second kappa shape index (κ2) is 6.48. The van der Waals surface area contributed by atoms with Gasteiger partial charge in [-0.2, -0.15) is 5.10 Å². The summed E-state index contributed by atoms with van der Waals surface area (Å²) in [6.07, 6.45) is 3.59. The van der Waals surface area contributed by atoms with E-state index in [9.17, 15) is 4.79 Å². The Kier molecular flexibility index (Phi) is 4.24. The first-order valence-corrected chi connectivity index (χ1v) is 7.65. The van der Waals surface area contributed by atoms with Crippen LogP contribution in [0.3, 0.4) is 0 Å². The van der Waals surface area contributed by atoms with Gasteiger partial charge in [0, 0.05) is 23.6 Å². The quantitative estimate of drug-likeness (QED) is 0.783. The standard InChI is InChI=1S/C19H19N3O/c1-14(2)16-5-3-6-17(13-16)21-19(23)15-7-9-18(10-8-15)22-12-4-11-20-22/h3-14H,1-2H3,(H,21,23). The highest BCUT2D eigenvalue weighted by atomic mass is 16.1. The van der Waals surface area contributed by atoms with E-state index in [4.69, 9.17) is 0 Å². The Balaban J connectivity index is 1.74. The van der Waals surface area contributed by atoms with Crippen molar-refractivity contribution < 1.29 is 4.79 Å². The van der Waals surface area contributed by atoms with Crippen LogP contribution in [0, 0.1) is 0 Å². The van der Waals surface area contributed by atoms with Gasteiger partial charge in [-0.1, -0.05) is 26.0 Å². The summed E-state index contributed by atoms with van der Waals surface area (Å²) in [4.78, 5) is 12.4. The van der Waals surface area contributed by atoms with Crippen molar-refractivity contribution in [1.82, 2.24) is 9.78 Å². The maximum Gasteiger partial charge on any atom is 0.255 e. The van der Waals surface area contributed by atoms with Gasteiger partial charge >= 0.3 is 0 Å². The number of anilines is 1. The van der Waals surface area contributed by atoms with Gasteiger partial charge in [-0.25, -0.2) is 4.68 Å². The Morgan fingerprint density at radius 2 is 1.87 bits per heavy atom. The molecule has 3 rings (SSSR count). The van der Waals surface area contributed by atoms with E-state index in [0.29, 0.717) is 11.5 Å². The maximum atomic E-state index is 12.4. The molecule has 3 aromatic rings. The molecule has 0 aliphatic carbocycles. The Morgan fingerprint density at radius 1 is 1.09 bits per heavy atom. The molecule has 0 aliphatic heterocycles. The molecule has 0 unspecified atom stereocenters. The van der Waals surface area contributed by atoms with Gasteiger partial charge in [-0.05, 0) is 53.9 Å². The third-order valence-corrected chi connectivity index (χ3v) is 3.71. The minimum atomic E-state index is -0.113. The van der Waals surface area contributed by atoms with Gasteiger partial charge in [0.1, 0.15) is 0 Å². The molecule has 1 heterocycles. The molecule has 0 spiro atoms. The zero-order valence-corrected chi connectivity index (χ0v) is 13.2. The van der Waals surface area contributed by atoms with Crippen LogP contribution in [0.4, 0.5) is 5.69 Å². The molecule has 0 radical (unpaired) electrons. The summed E-state index contributed by atoms with van der Waals surface area (Å²) in [7, 11) is 0. The molecule has 0 aliphatic rings. The monoisotopic (exact) mass is 305 g/mol. The van der Waals surface area contributed by atoms with Gasteiger partial charge < -0.3 is 5.32 Å². The third-order valence-electron chi connectivity index (χ3n) is 3.71. The number of benzene rings is 2. The van der Waals surface area contributed by atoms with Gasteiger partial charge in [-0.3, -0.25) is 4.79 Å². The zero-order valence-electron chi connectivity index (χ0n) is 13.2. The molecule has 23 heavy (non-hydrogen) atoms. The topological polar surface area (TPSA) is 46.9 Å². The number of nitrogens with one attached hydrogen (secondary N) is 1. The summed E-state index contributed by atoms with van der Waals surface area (Å²) in [5, 5.41) is 7.12. The van der Waals surface area contributed by atoms with E-state index in [1.165, 1.54) is 5.56 Å². The highest BCUT2D eigenvalue weighted by Gasteiger charge is 2.08. The van der Waals surface area contributed by atoms with Crippen molar-refractivity contribution in [2.75, 3.05) is 5.32 Å². The van der Waals surface area contributed by atoms with E-state index in [1.54, 1.807) is 23.0 Å². The third kappa shape index (κ3) is 3.48. The van der Waals surface area contributed by atoms with Crippen LogP contribution in [0.2, 0.25) is 0 Å². The van der Waals surface area contributed by atoms with E-state index in [1.807, 2.05) is 42.6 Å². The fraction of sp³-hybridized carbons (Fsp3) is 0.158. The Bertz CT molecular complexity index is 790. The summed E-state index contributed by atoms with van der Waals surface area (Å²) in [6.45, 7) is 4.27. The molecular weight excluding hydrogens is 286 g/mol. The lowest BCUT2D eigenvalue weighted by Crippen LogP contribution is -2.12. The van der Waals surface area contributed by atoms with Gasteiger partial charge in [0.05, 0.1) is 5.69 Å². The number of hydrogen-bond acceptors (Lipinski definition) is 2. The Labute approximate surface area is 135 Å². The molecule has 0 saturated carbocycles. The van der Waals surface area contributed by atoms with Gasteiger partial charge in [0.15, 0.2) is 0 Å². The normalized spacial score (nSPS) is 10.7. The number of aromatic nitrogens is 2. The first kappa shape index (κ1) is 15.0. The average molecular weight is 305 g/mol. The Morgan fingerprint density at radius 3 is 2.52 bits per heavy atom. The molecule has 0 bridgehead atoms. The number of amides is 1. The van der Waals surface area contributed by atoms with E-state index in [2.05, 4.69) is 30.3 Å². The fourth-order valence-electron chi connectivity index (χ4n) is 2.37. The molecule has 1 amide bonds. The largest absolute Gasteiger partial charge is 0.322 e. The molecule has 2 aromatic carbocycles. The van der Waals surface area contributed by atoms with Crippen LogP contribution in [0.25, 0.3) is 5.69 Å². The minimum Gasteiger partial charge on any atom is -0.322 e. The predicted molar refractivity (Wildman–Crippen MR) is 92.0 cm³/mol. The lowest BCUT2D eigenvalue weighted by atomic mass is 10.0. The van der Waals surface area contributed by atoms with Crippen LogP contribution in [-0.4, -0.2) is 15.7 Å². The van der Waals surface area contributed by atoms with Crippen molar-refractivity contribution >= 4 is 11.6 Å². The lowest BCUT2D eigenvalue weighted by molar-refractivity contribution is 0.102. The van der Waals surface area contributed by atoms with Crippen LogP contribution in [0.1, 0.15) is 35.7 Å². The Hall–Kier alpha value is -2.88. The first-order chi connectivity index (χ1) is 11.1. The molecule has 4 heteroatoms. The number of nitrogens with zero attached hydrogens (tertiary/aromatic N) is 2. The van der Waals surface area contributed by atoms with E-state index < -0.39 is 0 Å². The molecule has 1 N–H and O–H groups in total. The predicted octanol–water partition coefficient (Wildman–Crippen LogP) is 4.25. The summed E-state index contributed by atoms with van der Waals surface area (Å²) in [6, 6.07) is 17.2. The van der Waals surface area contributed by atoms with Crippen LogP contribution >= 0.6 is 0 Å². The van der Waals surface area contributed by atoms with Crippen molar-refractivity contribution in [2.45, 2.75) is 19.8 Å². The summed E-state index contributed by atoms with van der Waals surface area (Å²) in [5.74, 6) is 0.318. The summed E-state index contributed by atoms with van der Waals surface area (Å²) >= 11 is 0. The molecular formula is C19H19N3O. The number of hydrogen-bond donors (Lipinski definition) is 1. The van der Waals surface area contributed by atoms with Crippen LogP contribution in [0.15, 0.2) is 67.0 Å². The molecule has 0 fully saturated rings. The van der Waals surface area contributed by atoms with Gasteiger partial charge in [0.2, 0.25) is 0 Å². The van der Waals surface area contributed by atoms with Crippen molar-refractivity contribution in [1.29, 1.82) is 0 Å². The van der Waals surface area contributed by atoms with Crippen LogP contribution in [-0.2, 0) is 0 Å². The van der Waals surface area contributed by atoms with Crippen molar-refractivity contribution in [3.05, 3.63) is 78.1 Å². The highest BCUT2D eigenvalue weighted by Crippen LogP contribution is 2.19. The van der Waals surface area contributed by atoms with E-state index in [0.717, 1.165) is 11.4 Å². The van der Waals surface area contributed by atoms with Crippen molar-refractivity contribution in [3.8, 4) is 5.69 Å². The minimum absolute atomic E-state index is 0.113. The van der Waals surface area contributed by atoms with Crippen LogP contribution in [0.5, 0.6) is 0 Å². The molecule has 116 valence electrons. The molecule has 1 aromatic heterocycles. The fourth-order valence-corrected chi connectivity index (χ4v) is 2.37. The maximum absolute atomic E-state index is 12.4. The molecule has 0 saturated heterocycles. The van der Waals surface area contributed by atoms with Gasteiger partial charge in [-0.15, -0.1) is 0 Å². The van der Waals surface area contributed by atoms with Crippen molar-refractivity contribution in [2.24, 2.45) is 0 Å². The van der Waals surface area contributed by atoms with Crippen LogP contribution < -0.4 is 5.32 Å². The number of carbonyl (C=O) groups is 1. The van der Waals surface area contributed by atoms with E-state index >= 15 is 0 Å². The molecule has 0 atom stereocenters. The first-order valence-electron chi connectivity index (χ1n) is 7.65. The zero-order chi connectivity index (χ0) is 16.2. The van der Waals surface area contributed by atoms with Crippen molar-refractivity contribution in [3.63, 3.8) is 0 Å². The van der Waals surface area contributed by atoms with Gasteiger partial charge in [0.25, 0.3) is 5.91 Å². The number of carbonyl (C=O) groups excluding carboxylic acids is 1. The second-order valence-electron chi connectivity index (χ2n) is 5.73. The second-order valence-corrected chi connectivity index (χ2v) is 5.73. The highest BCUT2D eigenvalue weighted by molar-refractivity contribution is 6.04. The summed E-state index contributed by atoms with van der Waals surface area (Å²) in [5.41, 5.74) is 3.57. The van der Waals surface area contributed by atoms with E-state index in [-0.39, 0.29) is 5.91 Å². The SMILES string of the molecule is CC(C)c1cccc(NC(=O)c2ccc(-n3cccn3)cc2)c1. The number of rotatable bonds is 4. The smallest absolute Gasteiger partial charge is 0.255 e. The summed E-state index contributed by atoms with van der Waals surface area (Å²) < 4.78 is 1.76. The lowest BCUT2D eigenvalue weighted by Gasteiger charge is -2.10. The molecule has 4 nitrogen and oxygen atoms in total.